The monoisotopic (exact) mass is 327 g/mol. The minimum atomic E-state index is -3.80. The Morgan fingerprint density at radius 1 is 1.45 bits per heavy atom. The van der Waals surface area contributed by atoms with Gasteiger partial charge in [-0.05, 0) is 31.4 Å². The van der Waals surface area contributed by atoms with E-state index in [2.05, 4.69) is 0 Å². The predicted molar refractivity (Wildman–Crippen MR) is 78.5 cm³/mol. The molecule has 0 saturated carbocycles. The molecule has 8 nitrogen and oxygen atoms in total. The van der Waals surface area contributed by atoms with Gasteiger partial charge in [0.15, 0.2) is 0 Å². The fraction of sp³-hybridized carbons (Fsp3) is 0.462. The molecule has 1 atom stereocenters. The quantitative estimate of drug-likeness (QED) is 0.646. The molecule has 0 radical (unpaired) electrons. The van der Waals surface area contributed by atoms with E-state index in [0.717, 1.165) is 6.07 Å². The first-order chi connectivity index (χ1) is 10.2. The van der Waals surface area contributed by atoms with E-state index in [4.69, 9.17) is 5.73 Å². The SMILES string of the molecule is Cc1cc([N+](=O)[O-])ccc1S(=O)(=O)N1CCCC(C(N)=O)C1. The van der Waals surface area contributed by atoms with E-state index in [1.54, 1.807) is 0 Å². The maximum atomic E-state index is 12.7. The minimum absolute atomic E-state index is 0.0169. The fourth-order valence-corrected chi connectivity index (χ4v) is 4.30. The van der Waals surface area contributed by atoms with Crippen LogP contribution in [-0.2, 0) is 14.8 Å². The van der Waals surface area contributed by atoms with Gasteiger partial charge in [0.05, 0.1) is 15.7 Å². The van der Waals surface area contributed by atoms with Gasteiger partial charge in [-0.25, -0.2) is 8.42 Å². The van der Waals surface area contributed by atoms with Crippen LogP contribution in [0.1, 0.15) is 18.4 Å². The molecular weight excluding hydrogens is 310 g/mol. The lowest BCUT2D eigenvalue weighted by Crippen LogP contribution is -2.44. The molecule has 2 N–H and O–H groups in total. The van der Waals surface area contributed by atoms with Gasteiger partial charge in [-0.2, -0.15) is 4.31 Å². The minimum Gasteiger partial charge on any atom is -0.369 e. The fourth-order valence-electron chi connectivity index (χ4n) is 2.57. The molecule has 1 heterocycles. The number of nitro groups is 1. The Morgan fingerprint density at radius 3 is 2.68 bits per heavy atom. The zero-order valence-electron chi connectivity index (χ0n) is 12.1. The molecule has 0 bridgehead atoms. The topological polar surface area (TPSA) is 124 Å². The molecule has 1 aliphatic rings. The number of nitrogens with zero attached hydrogens (tertiary/aromatic N) is 2. The maximum absolute atomic E-state index is 12.7. The number of nitrogens with two attached hydrogens (primary N) is 1. The summed E-state index contributed by atoms with van der Waals surface area (Å²) >= 11 is 0. The van der Waals surface area contributed by atoms with E-state index in [0.29, 0.717) is 24.9 Å². The highest BCUT2D eigenvalue weighted by Gasteiger charge is 2.33. The zero-order valence-corrected chi connectivity index (χ0v) is 12.9. The molecule has 0 aromatic heterocycles. The summed E-state index contributed by atoms with van der Waals surface area (Å²) in [6, 6.07) is 3.62. The average molecular weight is 327 g/mol. The van der Waals surface area contributed by atoms with Crippen molar-refractivity contribution in [3.63, 3.8) is 0 Å². The molecule has 22 heavy (non-hydrogen) atoms. The highest BCUT2D eigenvalue weighted by atomic mass is 32.2. The molecule has 1 aromatic carbocycles. The first-order valence-electron chi connectivity index (χ1n) is 6.78. The van der Waals surface area contributed by atoms with Crippen molar-refractivity contribution in [2.75, 3.05) is 13.1 Å². The van der Waals surface area contributed by atoms with E-state index in [9.17, 15) is 23.3 Å². The Hall–Kier alpha value is -2.00. The van der Waals surface area contributed by atoms with Gasteiger partial charge < -0.3 is 5.73 Å². The number of carbonyl (C=O) groups excluding carboxylic acids is 1. The van der Waals surface area contributed by atoms with Crippen LogP contribution in [0.25, 0.3) is 0 Å². The van der Waals surface area contributed by atoms with E-state index < -0.39 is 26.8 Å². The highest BCUT2D eigenvalue weighted by molar-refractivity contribution is 7.89. The van der Waals surface area contributed by atoms with Crippen molar-refractivity contribution in [2.45, 2.75) is 24.7 Å². The maximum Gasteiger partial charge on any atom is 0.269 e. The van der Waals surface area contributed by atoms with Gasteiger partial charge >= 0.3 is 0 Å². The lowest BCUT2D eigenvalue weighted by molar-refractivity contribution is -0.385. The number of amides is 1. The van der Waals surface area contributed by atoms with E-state index in [1.807, 2.05) is 0 Å². The molecule has 120 valence electrons. The molecule has 0 aliphatic carbocycles. The Morgan fingerprint density at radius 2 is 2.14 bits per heavy atom. The number of hydrogen-bond acceptors (Lipinski definition) is 5. The number of primary amides is 1. The summed E-state index contributed by atoms with van der Waals surface area (Å²) in [4.78, 5) is 21.4. The van der Waals surface area contributed by atoms with Crippen LogP contribution in [0.5, 0.6) is 0 Å². The first kappa shape index (κ1) is 16.4. The number of carbonyl (C=O) groups is 1. The van der Waals surface area contributed by atoms with Crippen LogP contribution in [0.2, 0.25) is 0 Å². The summed E-state index contributed by atoms with van der Waals surface area (Å²) in [7, 11) is -3.80. The summed E-state index contributed by atoms with van der Waals surface area (Å²) in [5, 5.41) is 10.7. The Labute approximate surface area is 128 Å². The second kappa shape index (κ2) is 6.01. The van der Waals surface area contributed by atoms with Gasteiger partial charge in [0.2, 0.25) is 15.9 Å². The van der Waals surface area contributed by atoms with Crippen molar-refractivity contribution in [2.24, 2.45) is 11.7 Å². The third kappa shape index (κ3) is 3.09. The third-order valence-corrected chi connectivity index (χ3v) is 5.80. The van der Waals surface area contributed by atoms with Gasteiger partial charge in [0, 0.05) is 25.2 Å². The van der Waals surface area contributed by atoms with Crippen LogP contribution in [0.3, 0.4) is 0 Å². The first-order valence-corrected chi connectivity index (χ1v) is 8.22. The molecule has 2 rings (SSSR count). The zero-order chi connectivity index (χ0) is 16.5. The van der Waals surface area contributed by atoms with Crippen LogP contribution in [-0.4, -0.2) is 36.6 Å². The van der Waals surface area contributed by atoms with Crippen molar-refractivity contribution < 1.29 is 18.1 Å². The second-order valence-electron chi connectivity index (χ2n) is 5.31. The van der Waals surface area contributed by atoms with Crippen LogP contribution < -0.4 is 5.73 Å². The number of piperidine rings is 1. The third-order valence-electron chi connectivity index (χ3n) is 3.77. The Kier molecular flexibility index (Phi) is 4.47. The van der Waals surface area contributed by atoms with E-state index in [1.165, 1.54) is 23.4 Å². The van der Waals surface area contributed by atoms with Crippen molar-refractivity contribution in [1.82, 2.24) is 4.31 Å². The van der Waals surface area contributed by atoms with E-state index >= 15 is 0 Å². The number of non-ortho nitro benzene ring substituents is 1. The summed E-state index contributed by atoms with van der Waals surface area (Å²) in [6.07, 6.45) is 1.12. The molecule has 1 aromatic rings. The van der Waals surface area contributed by atoms with Crippen molar-refractivity contribution >= 4 is 21.6 Å². The molecule has 1 fully saturated rings. The van der Waals surface area contributed by atoms with Gasteiger partial charge in [-0.15, -0.1) is 0 Å². The number of aryl methyl sites for hydroxylation is 1. The van der Waals surface area contributed by atoms with E-state index in [-0.39, 0.29) is 17.1 Å². The molecule has 1 amide bonds. The number of sulfonamides is 1. The normalized spacial score (nSPS) is 19.8. The number of hydrogen-bond donors (Lipinski definition) is 1. The van der Waals surface area contributed by atoms with Crippen molar-refractivity contribution in [3.05, 3.63) is 33.9 Å². The average Bonchev–Trinajstić information content (AvgIpc) is 2.46. The molecule has 1 aliphatic heterocycles. The summed E-state index contributed by atoms with van der Waals surface area (Å²) < 4.78 is 26.5. The molecule has 1 saturated heterocycles. The van der Waals surface area contributed by atoms with Gasteiger partial charge in [-0.3, -0.25) is 14.9 Å². The Balaban J connectivity index is 2.34. The molecule has 1 unspecified atom stereocenters. The van der Waals surface area contributed by atoms with Crippen LogP contribution in [0.4, 0.5) is 5.69 Å². The van der Waals surface area contributed by atoms with Gasteiger partial charge in [0.1, 0.15) is 0 Å². The Bertz CT molecular complexity index is 716. The predicted octanol–water partition coefficient (Wildman–Crippen LogP) is 0.789. The van der Waals surface area contributed by atoms with Crippen LogP contribution in [0.15, 0.2) is 23.1 Å². The number of nitro benzene ring substituents is 1. The van der Waals surface area contributed by atoms with Gasteiger partial charge in [-0.1, -0.05) is 0 Å². The summed E-state index contributed by atoms with van der Waals surface area (Å²) in [6.45, 7) is 1.87. The summed E-state index contributed by atoms with van der Waals surface area (Å²) in [5.41, 5.74) is 5.40. The molecule has 9 heteroatoms. The lowest BCUT2D eigenvalue weighted by Gasteiger charge is -2.30. The standard InChI is InChI=1S/C13H17N3O5S/c1-9-7-11(16(18)19)4-5-12(9)22(20,21)15-6-2-3-10(8-15)13(14)17/h4-5,7,10H,2-3,6,8H2,1H3,(H2,14,17). The van der Waals surface area contributed by atoms with Crippen molar-refractivity contribution in [1.29, 1.82) is 0 Å². The number of benzene rings is 1. The molecule has 0 spiro atoms. The van der Waals surface area contributed by atoms with Crippen LogP contribution >= 0.6 is 0 Å². The van der Waals surface area contributed by atoms with Crippen molar-refractivity contribution in [3.8, 4) is 0 Å². The largest absolute Gasteiger partial charge is 0.369 e. The highest BCUT2D eigenvalue weighted by Crippen LogP contribution is 2.27. The van der Waals surface area contributed by atoms with Gasteiger partial charge in [0.25, 0.3) is 5.69 Å². The summed E-state index contributed by atoms with van der Waals surface area (Å²) in [5.74, 6) is -1.01. The lowest BCUT2D eigenvalue weighted by atomic mass is 9.99. The molecular formula is C13H17N3O5S. The van der Waals surface area contributed by atoms with Crippen LogP contribution in [0, 0.1) is 23.0 Å². The smallest absolute Gasteiger partial charge is 0.269 e. The second-order valence-corrected chi connectivity index (χ2v) is 7.22. The number of rotatable bonds is 4.